The standard InChI is InChI=1S/C12H17N3/c1-15-9-5-4-7-10-6-2-3-8-11(10)12(13)14/h2-4,6-8,15H,5,9H2,1H3,(H3,13,14). The van der Waals surface area contributed by atoms with Crippen molar-refractivity contribution in [3.8, 4) is 0 Å². The SMILES string of the molecule is CNCCC=Cc1ccccc1C(=N)N. The molecule has 0 aliphatic carbocycles. The molecule has 1 aromatic carbocycles. The summed E-state index contributed by atoms with van der Waals surface area (Å²) in [7, 11) is 1.93. The van der Waals surface area contributed by atoms with Crippen molar-refractivity contribution in [1.82, 2.24) is 5.32 Å². The van der Waals surface area contributed by atoms with Gasteiger partial charge in [0.2, 0.25) is 0 Å². The number of nitrogen functional groups attached to an aromatic ring is 1. The van der Waals surface area contributed by atoms with Crippen LogP contribution in [0.1, 0.15) is 17.5 Å². The van der Waals surface area contributed by atoms with Crippen molar-refractivity contribution in [3.63, 3.8) is 0 Å². The van der Waals surface area contributed by atoms with E-state index in [4.69, 9.17) is 11.1 Å². The minimum Gasteiger partial charge on any atom is -0.384 e. The summed E-state index contributed by atoms with van der Waals surface area (Å²) in [6.45, 7) is 0.957. The molecule has 0 fully saturated rings. The summed E-state index contributed by atoms with van der Waals surface area (Å²) in [5, 5.41) is 10.5. The van der Waals surface area contributed by atoms with E-state index in [1.807, 2.05) is 37.4 Å². The van der Waals surface area contributed by atoms with Crippen LogP contribution in [0, 0.1) is 5.41 Å². The Hall–Kier alpha value is -1.61. The highest BCUT2D eigenvalue weighted by Crippen LogP contribution is 2.10. The molecule has 0 radical (unpaired) electrons. The Kier molecular flexibility index (Phi) is 4.57. The van der Waals surface area contributed by atoms with E-state index in [0.717, 1.165) is 24.1 Å². The number of nitrogens with one attached hydrogen (secondary N) is 2. The van der Waals surface area contributed by atoms with Crippen LogP contribution in [-0.4, -0.2) is 19.4 Å². The van der Waals surface area contributed by atoms with E-state index in [1.165, 1.54) is 0 Å². The molecule has 0 unspecified atom stereocenters. The van der Waals surface area contributed by atoms with Crippen LogP contribution in [0.25, 0.3) is 6.08 Å². The molecule has 80 valence electrons. The molecule has 0 amide bonds. The second-order valence-corrected chi connectivity index (χ2v) is 3.30. The van der Waals surface area contributed by atoms with Gasteiger partial charge in [0.25, 0.3) is 0 Å². The zero-order chi connectivity index (χ0) is 11.1. The summed E-state index contributed by atoms with van der Waals surface area (Å²) in [6, 6.07) is 7.67. The Bertz CT molecular complexity index is 356. The van der Waals surface area contributed by atoms with E-state index in [2.05, 4.69) is 11.4 Å². The molecule has 4 N–H and O–H groups in total. The zero-order valence-corrected chi connectivity index (χ0v) is 8.96. The topological polar surface area (TPSA) is 61.9 Å². The fourth-order valence-electron chi connectivity index (χ4n) is 1.33. The second kappa shape index (κ2) is 5.98. The highest BCUT2D eigenvalue weighted by Gasteiger charge is 1.99. The monoisotopic (exact) mass is 203 g/mol. The molecule has 0 aliphatic rings. The molecule has 3 nitrogen and oxygen atoms in total. The molecule has 1 aromatic rings. The largest absolute Gasteiger partial charge is 0.384 e. The minimum atomic E-state index is 0.115. The van der Waals surface area contributed by atoms with Crippen molar-refractivity contribution in [3.05, 3.63) is 41.5 Å². The van der Waals surface area contributed by atoms with Crippen molar-refractivity contribution in [2.45, 2.75) is 6.42 Å². The normalized spacial score (nSPS) is 10.7. The first-order valence-electron chi connectivity index (χ1n) is 5.00. The fourth-order valence-corrected chi connectivity index (χ4v) is 1.33. The Morgan fingerprint density at radius 1 is 1.47 bits per heavy atom. The van der Waals surface area contributed by atoms with Gasteiger partial charge in [-0.1, -0.05) is 36.4 Å². The van der Waals surface area contributed by atoms with Crippen molar-refractivity contribution < 1.29 is 0 Å². The van der Waals surface area contributed by atoms with Crippen molar-refractivity contribution in [2.24, 2.45) is 5.73 Å². The molecule has 0 saturated heterocycles. The second-order valence-electron chi connectivity index (χ2n) is 3.30. The average Bonchev–Trinajstić information content (AvgIpc) is 2.25. The number of nitrogens with two attached hydrogens (primary N) is 1. The van der Waals surface area contributed by atoms with E-state index in [-0.39, 0.29) is 5.84 Å². The maximum absolute atomic E-state index is 7.42. The Labute approximate surface area is 90.5 Å². The number of amidine groups is 1. The lowest BCUT2D eigenvalue weighted by Crippen LogP contribution is -2.12. The van der Waals surface area contributed by atoms with Gasteiger partial charge in [0, 0.05) is 5.56 Å². The summed E-state index contributed by atoms with van der Waals surface area (Å²) in [5.41, 5.74) is 7.27. The quantitative estimate of drug-likeness (QED) is 0.386. The molecule has 0 atom stereocenters. The third-order valence-electron chi connectivity index (χ3n) is 2.11. The van der Waals surface area contributed by atoms with Gasteiger partial charge in [-0.2, -0.15) is 0 Å². The predicted molar refractivity (Wildman–Crippen MR) is 65.0 cm³/mol. The van der Waals surface area contributed by atoms with Crippen LogP contribution in [0.2, 0.25) is 0 Å². The third kappa shape index (κ3) is 3.56. The van der Waals surface area contributed by atoms with Gasteiger partial charge in [-0.25, -0.2) is 0 Å². The molecule has 0 saturated carbocycles. The summed E-state index contributed by atoms with van der Waals surface area (Å²) in [5.74, 6) is 0.115. The Morgan fingerprint density at radius 2 is 2.20 bits per heavy atom. The van der Waals surface area contributed by atoms with Gasteiger partial charge in [-0.05, 0) is 25.6 Å². The van der Waals surface area contributed by atoms with Crippen molar-refractivity contribution in [1.29, 1.82) is 5.41 Å². The lowest BCUT2D eigenvalue weighted by atomic mass is 10.1. The molecule has 0 aliphatic heterocycles. The van der Waals surface area contributed by atoms with Gasteiger partial charge in [0.05, 0.1) is 0 Å². The van der Waals surface area contributed by atoms with Gasteiger partial charge >= 0.3 is 0 Å². The first-order chi connectivity index (χ1) is 7.25. The van der Waals surface area contributed by atoms with Gasteiger partial charge in [-0.3, -0.25) is 5.41 Å². The van der Waals surface area contributed by atoms with Crippen LogP contribution in [0.3, 0.4) is 0 Å². The highest BCUT2D eigenvalue weighted by molar-refractivity contribution is 5.98. The van der Waals surface area contributed by atoms with E-state index in [9.17, 15) is 0 Å². The molecule has 0 bridgehead atoms. The maximum Gasteiger partial charge on any atom is 0.123 e. The molecular formula is C12H17N3. The molecule has 0 spiro atoms. The van der Waals surface area contributed by atoms with Gasteiger partial charge in [0.15, 0.2) is 0 Å². The van der Waals surface area contributed by atoms with Crippen LogP contribution < -0.4 is 11.1 Å². The van der Waals surface area contributed by atoms with Crippen LogP contribution in [0.15, 0.2) is 30.3 Å². The van der Waals surface area contributed by atoms with Crippen LogP contribution >= 0.6 is 0 Å². The fraction of sp³-hybridized carbons (Fsp3) is 0.250. The molecule has 15 heavy (non-hydrogen) atoms. The van der Waals surface area contributed by atoms with Gasteiger partial charge < -0.3 is 11.1 Å². The Balaban J connectivity index is 2.75. The summed E-state index contributed by atoms with van der Waals surface area (Å²) < 4.78 is 0. The summed E-state index contributed by atoms with van der Waals surface area (Å²) in [6.07, 6.45) is 5.06. The number of hydrogen-bond donors (Lipinski definition) is 3. The molecule has 0 heterocycles. The average molecular weight is 203 g/mol. The minimum absolute atomic E-state index is 0.115. The first kappa shape index (κ1) is 11.5. The van der Waals surface area contributed by atoms with Crippen molar-refractivity contribution >= 4 is 11.9 Å². The lowest BCUT2D eigenvalue weighted by molar-refractivity contribution is 0.809. The molecule has 1 rings (SSSR count). The maximum atomic E-state index is 7.42. The van der Waals surface area contributed by atoms with Gasteiger partial charge in [-0.15, -0.1) is 0 Å². The lowest BCUT2D eigenvalue weighted by Gasteiger charge is -2.02. The predicted octanol–water partition coefficient (Wildman–Crippen LogP) is 1.59. The summed E-state index contributed by atoms with van der Waals surface area (Å²) >= 11 is 0. The zero-order valence-electron chi connectivity index (χ0n) is 8.96. The molecule has 3 heteroatoms. The van der Waals surface area contributed by atoms with Crippen LogP contribution in [0.4, 0.5) is 0 Å². The molecular weight excluding hydrogens is 186 g/mol. The van der Waals surface area contributed by atoms with E-state index in [1.54, 1.807) is 0 Å². The number of benzene rings is 1. The van der Waals surface area contributed by atoms with Crippen LogP contribution in [0.5, 0.6) is 0 Å². The van der Waals surface area contributed by atoms with Gasteiger partial charge in [0.1, 0.15) is 5.84 Å². The highest BCUT2D eigenvalue weighted by atomic mass is 14.8. The van der Waals surface area contributed by atoms with E-state index in [0.29, 0.717) is 0 Å². The number of hydrogen-bond acceptors (Lipinski definition) is 2. The third-order valence-corrected chi connectivity index (χ3v) is 2.11. The molecule has 0 aromatic heterocycles. The smallest absolute Gasteiger partial charge is 0.123 e. The van der Waals surface area contributed by atoms with Crippen LogP contribution in [-0.2, 0) is 0 Å². The first-order valence-corrected chi connectivity index (χ1v) is 5.00. The summed E-state index contributed by atoms with van der Waals surface area (Å²) in [4.78, 5) is 0. The van der Waals surface area contributed by atoms with E-state index < -0.39 is 0 Å². The van der Waals surface area contributed by atoms with Crippen molar-refractivity contribution in [2.75, 3.05) is 13.6 Å². The number of rotatable bonds is 5. The van der Waals surface area contributed by atoms with E-state index >= 15 is 0 Å². The Morgan fingerprint density at radius 3 is 2.87 bits per heavy atom.